The number of rotatable bonds is 4. The van der Waals surface area contributed by atoms with Gasteiger partial charge in [0.05, 0.1) is 0 Å². The van der Waals surface area contributed by atoms with Crippen LogP contribution in [0.5, 0.6) is 0 Å². The fourth-order valence-electron chi connectivity index (χ4n) is 2.18. The topological polar surface area (TPSA) is 64.1 Å². The van der Waals surface area contributed by atoms with E-state index in [1.165, 1.54) is 4.90 Å². The van der Waals surface area contributed by atoms with E-state index in [1.807, 2.05) is 14.1 Å². The van der Waals surface area contributed by atoms with Gasteiger partial charge >= 0.3 is 12.0 Å². The molecule has 2 amide bonds. The van der Waals surface area contributed by atoms with Crippen LogP contribution >= 0.6 is 0 Å². The Hall–Kier alpha value is -1.30. The monoisotopic (exact) mass is 257 g/mol. The minimum atomic E-state index is -0.953. The van der Waals surface area contributed by atoms with E-state index in [4.69, 9.17) is 5.11 Å². The average molecular weight is 257 g/mol. The SMILES string of the molecule is CC(C)C(C(=O)O)N(C)C(=O)N1CC(N(C)C)C1. The number of carbonyl (C=O) groups excluding carboxylic acids is 1. The Bertz CT molecular complexity index is 325. The first-order chi connectivity index (χ1) is 8.25. The second-order valence-corrected chi connectivity index (χ2v) is 5.44. The van der Waals surface area contributed by atoms with Crippen LogP contribution in [0.2, 0.25) is 0 Å². The average Bonchev–Trinajstić information content (AvgIpc) is 2.12. The summed E-state index contributed by atoms with van der Waals surface area (Å²) in [6, 6.07) is -0.588. The van der Waals surface area contributed by atoms with Crippen molar-refractivity contribution < 1.29 is 14.7 Å². The van der Waals surface area contributed by atoms with Crippen molar-refractivity contribution in [2.75, 3.05) is 34.2 Å². The number of likely N-dealkylation sites (N-methyl/N-ethyl adjacent to an activating group) is 2. The zero-order valence-corrected chi connectivity index (χ0v) is 11.8. The molecule has 18 heavy (non-hydrogen) atoms. The Morgan fingerprint density at radius 3 is 2.06 bits per heavy atom. The van der Waals surface area contributed by atoms with E-state index in [9.17, 15) is 9.59 Å². The number of aliphatic carboxylic acids is 1. The number of hydrogen-bond acceptors (Lipinski definition) is 3. The van der Waals surface area contributed by atoms with Gasteiger partial charge in [0.1, 0.15) is 6.04 Å². The van der Waals surface area contributed by atoms with Crippen LogP contribution in [0.3, 0.4) is 0 Å². The van der Waals surface area contributed by atoms with E-state index in [1.54, 1.807) is 25.8 Å². The van der Waals surface area contributed by atoms with Crippen molar-refractivity contribution in [3.8, 4) is 0 Å². The fourth-order valence-corrected chi connectivity index (χ4v) is 2.18. The Morgan fingerprint density at radius 1 is 1.22 bits per heavy atom. The summed E-state index contributed by atoms with van der Waals surface area (Å²) < 4.78 is 0. The van der Waals surface area contributed by atoms with Crippen LogP contribution in [-0.4, -0.2) is 78.1 Å². The van der Waals surface area contributed by atoms with Gasteiger partial charge in [-0.25, -0.2) is 9.59 Å². The highest BCUT2D eigenvalue weighted by Crippen LogP contribution is 2.17. The Kier molecular flexibility index (Phi) is 4.56. The minimum Gasteiger partial charge on any atom is -0.480 e. The highest BCUT2D eigenvalue weighted by molar-refractivity contribution is 5.83. The lowest BCUT2D eigenvalue weighted by Gasteiger charge is -2.45. The molecule has 1 atom stereocenters. The third kappa shape index (κ3) is 2.93. The summed E-state index contributed by atoms with van der Waals surface area (Å²) in [5.41, 5.74) is 0. The molecular weight excluding hydrogens is 234 g/mol. The second kappa shape index (κ2) is 5.56. The molecule has 0 spiro atoms. The van der Waals surface area contributed by atoms with Crippen LogP contribution in [0.15, 0.2) is 0 Å². The summed E-state index contributed by atoms with van der Waals surface area (Å²) >= 11 is 0. The summed E-state index contributed by atoms with van der Waals surface area (Å²) in [6.45, 7) is 4.95. The molecule has 1 unspecified atom stereocenters. The van der Waals surface area contributed by atoms with Crippen molar-refractivity contribution in [2.24, 2.45) is 5.92 Å². The summed E-state index contributed by atoms with van der Waals surface area (Å²) in [7, 11) is 5.51. The molecule has 0 radical (unpaired) electrons. The second-order valence-electron chi connectivity index (χ2n) is 5.44. The van der Waals surface area contributed by atoms with Gasteiger partial charge in [0.15, 0.2) is 0 Å². The fraction of sp³-hybridized carbons (Fsp3) is 0.833. The predicted molar refractivity (Wildman–Crippen MR) is 68.5 cm³/mol. The molecule has 0 saturated carbocycles. The largest absolute Gasteiger partial charge is 0.480 e. The lowest BCUT2D eigenvalue weighted by atomic mass is 10.0. The quantitative estimate of drug-likeness (QED) is 0.791. The number of amides is 2. The van der Waals surface area contributed by atoms with Crippen LogP contribution in [-0.2, 0) is 4.79 Å². The van der Waals surface area contributed by atoms with Gasteiger partial charge in [-0.15, -0.1) is 0 Å². The number of nitrogens with zero attached hydrogens (tertiary/aromatic N) is 3. The van der Waals surface area contributed by atoms with Gasteiger partial charge < -0.3 is 19.8 Å². The van der Waals surface area contributed by atoms with Gasteiger partial charge in [-0.3, -0.25) is 0 Å². The minimum absolute atomic E-state index is 0.109. The smallest absolute Gasteiger partial charge is 0.326 e. The van der Waals surface area contributed by atoms with Gasteiger partial charge in [0, 0.05) is 26.2 Å². The Morgan fingerprint density at radius 2 is 1.72 bits per heavy atom. The maximum absolute atomic E-state index is 12.1. The van der Waals surface area contributed by atoms with E-state index in [2.05, 4.69) is 4.90 Å². The van der Waals surface area contributed by atoms with Gasteiger partial charge in [-0.1, -0.05) is 13.8 Å². The maximum atomic E-state index is 12.1. The van der Waals surface area contributed by atoms with Crippen LogP contribution < -0.4 is 0 Å². The molecule has 6 heteroatoms. The summed E-state index contributed by atoms with van der Waals surface area (Å²) in [5.74, 6) is -1.06. The van der Waals surface area contributed by atoms with Crippen molar-refractivity contribution in [2.45, 2.75) is 25.9 Å². The molecule has 0 aliphatic carbocycles. The van der Waals surface area contributed by atoms with Crippen molar-refractivity contribution in [3.05, 3.63) is 0 Å². The predicted octanol–water partition coefficient (Wildman–Crippen LogP) is 0.393. The summed E-state index contributed by atoms with van der Waals surface area (Å²) in [4.78, 5) is 28.4. The van der Waals surface area contributed by atoms with Crippen molar-refractivity contribution in [3.63, 3.8) is 0 Å². The van der Waals surface area contributed by atoms with E-state index in [0.717, 1.165) is 0 Å². The van der Waals surface area contributed by atoms with Crippen LogP contribution in [0.1, 0.15) is 13.8 Å². The number of likely N-dealkylation sites (tertiary alicyclic amines) is 1. The van der Waals surface area contributed by atoms with Crippen LogP contribution in [0.25, 0.3) is 0 Å². The number of carbonyl (C=O) groups is 2. The van der Waals surface area contributed by atoms with Gasteiger partial charge in [0.2, 0.25) is 0 Å². The number of urea groups is 1. The van der Waals surface area contributed by atoms with Gasteiger partial charge in [-0.2, -0.15) is 0 Å². The third-order valence-corrected chi connectivity index (χ3v) is 3.47. The van der Waals surface area contributed by atoms with E-state index in [-0.39, 0.29) is 11.9 Å². The van der Waals surface area contributed by atoms with E-state index >= 15 is 0 Å². The Labute approximate surface area is 108 Å². The molecule has 1 heterocycles. The highest BCUT2D eigenvalue weighted by Gasteiger charge is 2.37. The first-order valence-corrected chi connectivity index (χ1v) is 6.16. The number of hydrogen-bond donors (Lipinski definition) is 1. The molecule has 0 aromatic heterocycles. The molecule has 1 saturated heterocycles. The molecule has 104 valence electrons. The van der Waals surface area contributed by atoms with E-state index in [0.29, 0.717) is 19.1 Å². The van der Waals surface area contributed by atoms with Crippen LogP contribution in [0, 0.1) is 5.92 Å². The highest BCUT2D eigenvalue weighted by atomic mass is 16.4. The van der Waals surface area contributed by atoms with Crippen LogP contribution in [0.4, 0.5) is 4.79 Å². The zero-order valence-electron chi connectivity index (χ0n) is 11.8. The molecule has 0 aromatic rings. The van der Waals surface area contributed by atoms with Gasteiger partial charge in [-0.05, 0) is 20.0 Å². The van der Waals surface area contributed by atoms with E-state index < -0.39 is 12.0 Å². The molecule has 0 aromatic carbocycles. The molecule has 1 aliphatic rings. The van der Waals surface area contributed by atoms with Crippen molar-refractivity contribution in [1.29, 1.82) is 0 Å². The lowest BCUT2D eigenvalue weighted by Crippen LogP contribution is -2.63. The first kappa shape index (κ1) is 14.8. The standard InChI is InChI=1S/C12H23N3O3/c1-8(2)10(11(16)17)14(5)12(18)15-6-9(7-15)13(3)4/h8-10H,6-7H2,1-5H3,(H,16,17). The number of carboxylic acid groups (broad SMARTS) is 1. The molecule has 1 aliphatic heterocycles. The number of carboxylic acids is 1. The third-order valence-electron chi connectivity index (χ3n) is 3.47. The lowest BCUT2D eigenvalue weighted by molar-refractivity contribution is -0.143. The molecule has 6 nitrogen and oxygen atoms in total. The molecule has 1 fully saturated rings. The summed E-state index contributed by atoms with van der Waals surface area (Å²) in [5, 5.41) is 9.16. The first-order valence-electron chi connectivity index (χ1n) is 6.16. The molecule has 1 N–H and O–H groups in total. The molecule has 0 bridgehead atoms. The molecular formula is C12H23N3O3. The molecule has 1 rings (SSSR count). The van der Waals surface area contributed by atoms with Gasteiger partial charge in [0.25, 0.3) is 0 Å². The zero-order chi connectivity index (χ0) is 14.0. The summed E-state index contributed by atoms with van der Waals surface area (Å²) in [6.07, 6.45) is 0. The maximum Gasteiger partial charge on any atom is 0.326 e. The Balaban J connectivity index is 2.59. The van der Waals surface area contributed by atoms with Crippen molar-refractivity contribution >= 4 is 12.0 Å². The normalized spacial score (nSPS) is 17.8. The van der Waals surface area contributed by atoms with Crippen molar-refractivity contribution in [1.82, 2.24) is 14.7 Å².